The number of esters is 2. The highest BCUT2D eigenvalue weighted by atomic mass is 32.2. The monoisotopic (exact) mass is 401 g/mol. The molecule has 0 saturated carbocycles. The summed E-state index contributed by atoms with van der Waals surface area (Å²) in [6.45, 7) is -0.502. The van der Waals surface area contributed by atoms with Gasteiger partial charge in [-0.3, -0.25) is 9.59 Å². The van der Waals surface area contributed by atoms with Crippen LogP contribution in [0.3, 0.4) is 0 Å². The SMILES string of the molecule is COC(=O)c1ccccc1NC(=O)COC(=O)CS[C@H]1CCS(=O)(=O)C1. The number of anilines is 1. The predicted octanol–water partition coefficient (Wildman–Crippen LogP) is 0.875. The Morgan fingerprint density at radius 1 is 1.27 bits per heavy atom. The highest BCUT2D eigenvalue weighted by Gasteiger charge is 2.28. The van der Waals surface area contributed by atoms with Gasteiger partial charge in [-0.15, -0.1) is 11.8 Å². The minimum absolute atomic E-state index is 0.0216. The summed E-state index contributed by atoms with van der Waals surface area (Å²) < 4.78 is 32.2. The number of nitrogens with one attached hydrogen (secondary N) is 1. The molecule has 1 aliphatic rings. The number of hydrogen-bond donors (Lipinski definition) is 1. The van der Waals surface area contributed by atoms with Gasteiger partial charge in [0.2, 0.25) is 0 Å². The largest absolute Gasteiger partial charge is 0.465 e. The van der Waals surface area contributed by atoms with E-state index in [0.717, 1.165) is 0 Å². The summed E-state index contributed by atoms with van der Waals surface area (Å²) in [7, 11) is -1.76. The molecule has 1 heterocycles. The van der Waals surface area contributed by atoms with Crippen LogP contribution in [0.2, 0.25) is 0 Å². The molecule has 0 aliphatic carbocycles. The average Bonchev–Trinajstić information content (AvgIpc) is 2.97. The number of amides is 1. The summed E-state index contributed by atoms with van der Waals surface area (Å²) in [5.74, 6) is -1.61. The van der Waals surface area contributed by atoms with Gasteiger partial charge in [-0.2, -0.15) is 0 Å². The second kappa shape index (κ2) is 9.04. The molecule has 1 atom stereocenters. The van der Waals surface area contributed by atoms with Gasteiger partial charge < -0.3 is 14.8 Å². The van der Waals surface area contributed by atoms with Gasteiger partial charge in [0.1, 0.15) is 0 Å². The van der Waals surface area contributed by atoms with Crippen LogP contribution in [0.4, 0.5) is 5.69 Å². The van der Waals surface area contributed by atoms with Crippen LogP contribution in [0.15, 0.2) is 24.3 Å². The van der Waals surface area contributed by atoms with Crippen molar-refractivity contribution in [3.05, 3.63) is 29.8 Å². The standard InChI is InChI=1S/C16H19NO7S2/c1-23-16(20)12-4-2-3-5-13(12)17-14(18)8-24-15(19)9-25-11-6-7-26(21,22)10-11/h2-5,11H,6-10H2,1H3,(H,17,18)/t11-/m0/s1. The smallest absolute Gasteiger partial charge is 0.339 e. The third-order valence-electron chi connectivity index (χ3n) is 3.60. The number of methoxy groups -OCH3 is 1. The minimum atomic E-state index is -2.99. The van der Waals surface area contributed by atoms with Gasteiger partial charge in [-0.25, -0.2) is 13.2 Å². The van der Waals surface area contributed by atoms with E-state index in [4.69, 9.17) is 4.74 Å². The first-order valence-electron chi connectivity index (χ1n) is 7.75. The Balaban J connectivity index is 1.77. The van der Waals surface area contributed by atoms with E-state index >= 15 is 0 Å². The van der Waals surface area contributed by atoms with E-state index in [1.807, 2.05) is 0 Å². The molecule has 142 valence electrons. The fraction of sp³-hybridized carbons (Fsp3) is 0.438. The molecule has 0 unspecified atom stereocenters. The van der Waals surface area contributed by atoms with Crippen molar-refractivity contribution in [2.24, 2.45) is 0 Å². The Bertz CT molecular complexity index is 792. The molecule has 26 heavy (non-hydrogen) atoms. The van der Waals surface area contributed by atoms with Crippen molar-refractivity contribution in [1.82, 2.24) is 0 Å². The number of para-hydroxylation sites is 1. The van der Waals surface area contributed by atoms with Crippen LogP contribution >= 0.6 is 11.8 Å². The summed E-state index contributed by atoms with van der Waals surface area (Å²) in [5.41, 5.74) is 0.443. The van der Waals surface area contributed by atoms with Crippen molar-refractivity contribution in [3.8, 4) is 0 Å². The van der Waals surface area contributed by atoms with Gasteiger partial charge in [-0.1, -0.05) is 12.1 Å². The number of sulfone groups is 1. The van der Waals surface area contributed by atoms with E-state index in [0.29, 0.717) is 6.42 Å². The van der Waals surface area contributed by atoms with Crippen LogP contribution in [0, 0.1) is 0 Å². The zero-order chi connectivity index (χ0) is 19.2. The molecule has 1 aromatic carbocycles. The molecule has 8 nitrogen and oxygen atoms in total. The average molecular weight is 401 g/mol. The van der Waals surface area contributed by atoms with Crippen LogP contribution in [0.1, 0.15) is 16.8 Å². The van der Waals surface area contributed by atoms with E-state index in [-0.39, 0.29) is 33.8 Å². The van der Waals surface area contributed by atoms with E-state index in [1.54, 1.807) is 12.1 Å². The fourth-order valence-corrected chi connectivity index (χ4v) is 5.77. The lowest BCUT2D eigenvalue weighted by atomic mass is 10.2. The van der Waals surface area contributed by atoms with Crippen molar-refractivity contribution in [2.45, 2.75) is 11.7 Å². The van der Waals surface area contributed by atoms with Gasteiger partial charge in [0, 0.05) is 5.25 Å². The molecule has 1 aromatic rings. The summed E-state index contributed by atoms with van der Waals surface area (Å²) in [5, 5.41) is 2.37. The number of benzene rings is 1. The van der Waals surface area contributed by atoms with Crippen LogP contribution in [0.5, 0.6) is 0 Å². The zero-order valence-electron chi connectivity index (χ0n) is 14.1. The third-order valence-corrected chi connectivity index (χ3v) is 6.85. The van der Waals surface area contributed by atoms with Crippen molar-refractivity contribution in [2.75, 3.05) is 36.3 Å². The van der Waals surface area contributed by atoms with Crippen molar-refractivity contribution in [3.63, 3.8) is 0 Å². The molecule has 2 rings (SSSR count). The Morgan fingerprint density at radius 3 is 2.65 bits per heavy atom. The summed E-state index contributed by atoms with van der Waals surface area (Å²) in [6, 6.07) is 6.30. The number of ether oxygens (including phenoxy) is 2. The highest BCUT2D eigenvalue weighted by Crippen LogP contribution is 2.24. The number of carbonyl (C=O) groups excluding carboxylic acids is 3. The summed E-state index contributed by atoms with van der Waals surface area (Å²) >= 11 is 1.21. The second-order valence-corrected chi connectivity index (χ2v) is 9.10. The predicted molar refractivity (Wildman–Crippen MR) is 96.9 cm³/mol. The number of hydrogen-bond acceptors (Lipinski definition) is 8. The van der Waals surface area contributed by atoms with E-state index in [1.165, 1.54) is 31.0 Å². The molecule has 1 amide bonds. The van der Waals surface area contributed by atoms with Crippen molar-refractivity contribution >= 4 is 45.1 Å². The van der Waals surface area contributed by atoms with Crippen molar-refractivity contribution in [1.29, 1.82) is 0 Å². The lowest BCUT2D eigenvalue weighted by Gasteiger charge is -2.10. The molecular weight excluding hydrogens is 382 g/mol. The van der Waals surface area contributed by atoms with Crippen LogP contribution < -0.4 is 5.32 Å². The molecule has 0 radical (unpaired) electrons. The van der Waals surface area contributed by atoms with Gasteiger partial charge in [0.25, 0.3) is 5.91 Å². The summed E-state index contributed by atoms with van der Waals surface area (Å²) in [6.07, 6.45) is 0.519. The van der Waals surface area contributed by atoms with Gasteiger partial charge >= 0.3 is 11.9 Å². The molecule has 0 bridgehead atoms. The maximum absolute atomic E-state index is 11.9. The molecule has 10 heteroatoms. The first-order chi connectivity index (χ1) is 12.3. The molecule has 0 aromatic heterocycles. The van der Waals surface area contributed by atoms with E-state index < -0.39 is 34.3 Å². The van der Waals surface area contributed by atoms with Crippen LogP contribution in [-0.4, -0.2) is 62.5 Å². The maximum atomic E-state index is 11.9. The molecular formula is C16H19NO7S2. The topological polar surface area (TPSA) is 116 Å². The zero-order valence-corrected chi connectivity index (χ0v) is 15.7. The molecule has 1 saturated heterocycles. The van der Waals surface area contributed by atoms with E-state index in [2.05, 4.69) is 10.1 Å². The number of rotatable bonds is 7. The normalized spacial score (nSPS) is 18.1. The Kier molecular flexibility index (Phi) is 7.04. The highest BCUT2D eigenvalue weighted by molar-refractivity contribution is 8.02. The van der Waals surface area contributed by atoms with Gasteiger partial charge in [0.05, 0.1) is 35.6 Å². The lowest BCUT2D eigenvalue weighted by Crippen LogP contribution is -2.23. The van der Waals surface area contributed by atoms with E-state index in [9.17, 15) is 22.8 Å². The van der Waals surface area contributed by atoms with Gasteiger partial charge in [-0.05, 0) is 18.6 Å². The first kappa shape index (κ1) is 20.2. The van der Waals surface area contributed by atoms with Crippen molar-refractivity contribution < 1.29 is 32.3 Å². The third kappa shape index (κ3) is 6.03. The number of thioether (sulfide) groups is 1. The number of carbonyl (C=O) groups is 3. The van der Waals surface area contributed by atoms with Crippen LogP contribution in [-0.2, 0) is 28.9 Å². The Labute approximate surface area is 155 Å². The fourth-order valence-electron chi connectivity index (χ4n) is 2.33. The Morgan fingerprint density at radius 2 is 2.00 bits per heavy atom. The second-order valence-electron chi connectivity index (χ2n) is 5.58. The Hall–Kier alpha value is -2.07. The quantitative estimate of drug-likeness (QED) is 0.669. The molecule has 0 spiro atoms. The maximum Gasteiger partial charge on any atom is 0.339 e. The van der Waals surface area contributed by atoms with Gasteiger partial charge in [0.15, 0.2) is 16.4 Å². The van der Waals surface area contributed by atoms with Crippen LogP contribution in [0.25, 0.3) is 0 Å². The lowest BCUT2D eigenvalue weighted by molar-refractivity contribution is -0.144. The minimum Gasteiger partial charge on any atom is -0.465 e. The molecule has 1 N–H and O–H groups in total. The first-order valence-corrected chi connectivity index (χ1v) is 10.6. The summed E-state index contributed by atoms with van der Waals surface area (Å²) in [4.78, 5) is 35.2. The molecule has 1 aliphatic heterocycles. The molecule has 1 fully saturated rings.